The first-order chi connectivity index (χ1) is 15.2. The molecule has 0 spiro atoms. The fourth-order valence-corrected chi connectivity index (χ4v) is 4.24. The summed E-state index contributed by atoms with van der Waals surface area (Å²) in [7, 11) is 0. The highest BCUT2D eigenvalue weighted by Crippen LogP contribution is 2.30. The summed E-state index contributed by atoms with van der Waals surface area (Å²) in [5, 5.41) is 4.09. The van der Waals surface area contributed by atoms with Crippen molar-refractivity contribution in [2.45, 2.75) is 51.0 Å². The van der Waals surface area contributed by atoms with E-state index < -0.39 is 0 Å². The maximum Gasteiger partial charge on any atom is 0.249 e. The van der Waals surface area contributed by atoms with Crippen molar-refractivity contribution in [1.29, 1.82) is 0 Å². The Kier molecular flexibility index (Phi) is 7.64. The number of halogens is 1. The van der Waals surface area contributed by atoms with E-state index in [0.717, 1.165) is 51.9 Å². The van der Waals surface area contributed by atoms with E-state index in [0.29, 0.717) is 42.8 Å². The van der Waals surface area contributed by atoms with Crippen molar-refractivity contribution >= 4 is 5.91 Å². The lowest BCUT2D eigenvalue weighted by Crippen LogP contribution is -2.39. The molecule has 2 aromatic rings. The molecule has 0 saturated carbocycles. The Morgan fingerprint density at radius 2 is 2.10 bits per heavy atom. The molecule has 1 unspecified atom stereocenters. The lowest BCUT2D eigenvalue weighted by Gasteiger charge is -2.33. The minimum atomic E-state index is -0.332. The Balaban J connectivity index is 1.30. The molecule has 7 nitrogen and oxygen atoms in total. The van der Waals surface area contributed by atoms with Crippen LogP contribution in [0.5, 0.6) is 0 Å². The van der Waals surface area contributed by atoms with E-state index in [9.17, 15) is 9.18 Å². The van der Waals surface area contributed by atoms with Gasteiger partial charge in [-0.2, -0.15) is 4.98 Å². The summed E-state index contributed by atoms with van der Waals surface area (Å²) >= 11 is 0. The number of carbonyl (C=O) groups is 1. The molecule has 2 fully saturated rings. The molecular weight excluding hydrogens is 401 g/mol. The molecule has 2 aliphatic rings. The molecule has 4 rings (SSSR count). The lowest BCUT2D eigenvalue weighted by molar-refractivity contribution is -0.135. The summed E-state index contributed by atoms with van der Waals surface area (Å²) in [5.41, 5.74) is 0.669. The third-order valence-corrected chi connectivity index (χ3v) is 6.00. The van der Waals surface area contributed by atoms with Crippen molar-refractivity contribution < 1.29 is 23.2 Å². The molecule has 0 aliphatic carbocycles. The third kappa shape index (κ3) is 6.11. The highest BCUT2D eigenvalue weighted by atomic mass is 19.1. The standard InChI is InChI=1S/C23H30FN3O4/c24-19-5-3-4-18(14-19)15-22(28)27-10-2-1-6-20(27)23-25-21(26-31-23)9-13-30-16-17-7-11-29-12-8-17/h3-5,14,17,20H,1-2,6-13,15-16H2. The number of rotatable bonds is 8. The normalized spacial score (nSPS) is 20.2. The second kappa shape index (κ2) is 10.8. The SMILES string of the molecule is O=C(Cc1cccc(F)c1)N1CCCCC1c1nc(CCOCC2CCOCC2)no1. The van der Waals surface area contributed by atoms with Gasteiger partial charge >= 0.3 is 0 Å². The van der Waals surface area contributed by atoms with Crippen LogP contribution in [0.25, 0.3) is 0 Å². The van der Waals surface area contributed by atoms with Crippen molar-refractivity contribution in [3.05, 3.63) is 47.4 Å². The third-order valence-electron chi connectivity index (χ3n) is 6.00. The Bertz CT molecular complexity index is 853. The Hall–Kier alpha value is -2.32. The van der Waals surface area contributed by atoms with Crippen LogP contribution in [0.4, 0.5) is 4.39 Å². The number of hydrogen-bond acceptors (Lipinski definition) is 6. The average molecular weight is 432 g/mol. The molecule has 3 heterocycles. The predicted molar refractivity (Wildman–Crippen MR) is 111 cm³/mol. The van der Waals surface area contributed by atoms with Crippen LogP contribution in [0, 0.1) is 11.7 Å². The molecule has 1 atom stereocenters. The maximum absolute atomic E-state index is 13.5. The molecular formula is C23H30FN3O4. The van der Waals surface area contributed by atoms with Crippen LogP contribution >= 0.6 is 0 Å². The van der Waals surface area contributed by atoms with Gasteiger partial charge in [-0.25, -0.2) is 4.39 Å². The first kappa shape index (κ1) is 21.9. The van der Waals surface area contributed by atoms with Gasteiger partial charge in [-0.1, -0.05) is 17.3 Å². The number of amides is 1. The lowest BCUT2D eigenvalue weighted by atomic mass is 10.0. The van der Waals surface area contributed by atoms with Gasteiger partial charge in [-0.3, -0.25) is 4.79 Å². The molecule has 1 aromatic carbocycles. The highest BCUT2D eigenvalue weighted by Gasteiger charge is 2.32. The average Bonchev–Trinajstić information content (AvgIpc) is 3.26. The van der Waals surface area contributed by atoms with Crippen LogP contribution in [0.15, 0.2) is 28.8 Å². The molecule has 0 N–H and O–H groups in total. The van der Waals surface area contributed by atoms with Gasteiger partial charge in [-0.05, 0) is 55.7 Å². The van der Waals surface area contributed by atoms with E-state index in [1.165, 1.54) is 12.1 Å². The number of ether oxygens (including phenoxy) is 2. The smallest absolute Gasteiger partial charge is 0.249 e. The Labute approximate surface area is 181 Å². The van der Waals surface area contributed by atoms with Crippen molar-refractivity contribution in [2.75, 3.05) is 33.0 Å². The number of carbonyl (C=O) groups excluding carboxylic acids is 1. The molecule has 8 heteroatoms. The van der Waals surface area contributed by atoms with Crippen molar-refractivity contribution in [3.63, 3.8) is 0 Å². The van der Waals surface area contributed by atoms with Crippen molar-refractivity contribution in [3.8, 4) is 0 Å². The summed E-state index contributed by atoms with van der Waals surface area (Å²) in [6.07, 6.45) is 5.57. The number of nitrogens with zero attached hydrogens (tertiary/aromatic N) is 3. The fraction of sp³-hybridized carbons (Fsp3) is 0.609. The molecule has 2 aliphatic heterocycles. The van der Waals surface area contributed by atoms with E-state index in [1.54, 1.807) is 17.0 Å². The van der Waals surface area contributed by atoms with Gasteiger partial charge in [0.15, 0.2) is 5.82 Å². The first-order valence-corrected chi connectivity index (χ1v) is 11.2. The second-order valence-corrected chi connectivity index (χ2v) is 8.33. The van der Waals surface area contributed by atoms with E-state index >= 15 is 0 Å². The predicted octanol–water partition coefficient (Wildman–Crippen LogP) is 3.49. The quantitative estimate of drug-likeness (QED) is 0.596. The number of hydrogen-bond donors (Lipinski definition) is 0. The maximum atomic E-state index is 13.5. The molecule has 168 valence electrons. The van der Waals surface area contributed by atoms with Crippen LogP contribution in [-0.4, -0.2) is 53.9 Å². The van der Waals surface area contributed by atoms with Crippen LogP contribution in [-0.2, 0) is 27.1 Å². The minimum Gasteiger partial charge on any atom is -0.381 e. The van der Waals surface area contributed by atoms with Gasteiger partial charge in [0, 0.05) is 32.8 Å². The zero-order valence-electron chi connectivity index (χ0n) is 17.8. The van der Waals surface area contributed by atoms with Gasteiger partial charge in [0.2, 0.25) is 11.8 Å². The van der Waals surface area contributed by atoms with Crippen LogP contribution in [0.3, 0.4) is 0 Å². The highest BCUT2D eigenvalue weighted by molar-refractivity contribution is 5.79. The molecule has 31 heavy (non-hydrogen) atoms. The molecule has 1 amide bonds. The Morgan fingerprint density at radius 1 is 1.23 bits per heavy atom. The van der Waals surface area contributed by atoms with Gasteiger partial charge in [-0.15, -0.1) is 0 Å². The first-order valence-electron chi connectivity index (χ1n) is 11.2. The fourth-order valence-electron chi connectivity index (χ4n) is 4.24. The van der Waals surface area contributed by atoms with Gasteiger partial charge in [0.1, 0.15) is 11.9 Å². The number of likely N-dealkylation sites (tertiary alicyclic amines) is 1. The Morgan fingerprint density at radius 3 is 2.94 bits per heavy atom. The second-order valence-electron chi connectivity index (χ2n) is 8.33. The van der Waals surface area contributed by atoms with E-state index in [-0.39, 0.29) is 24.2 Å². The van der Waals surface area contributed by atoms with E-state index in [4.69, 9.17) is 14.0 Å². The van der Waals surface area contributed by atoms with Crippen molar-refractivity contribution in [1.82, 2.24) is 15.0 Å². The largest absolute Gasteiger partial charge is 0.381 e. The monoisotopic (exact) mass is 431 g/mol. The van der Waals surface area contributed by atoms with Crippen LogP contribution in [0.1, 0.15) is 55.4 Å². The summed E-state index contributed by atoms with van der Waals surface area (Å²) in [4.78, 5) is 19.3. The van der Waals surface area contributed by atoms with Gasteiger partial charge in [0.05, 0.1) is 13.0 Å². The van der Waals surface area contributed by atoms with Crippen LogP contribution in [0.2, 0.25) is 0 Å². The van der Waals surface area contributed by atoms with E-state index in [2.05, 4.69) is 10.1 Å². The zero-order valence-corrected chi connectivity index (χ0v) is 17.8. The summed E-state index contributed by atoms with van der Waals surface area (Å²) in [6, 6.07) is 5.96. The molecule has 1 aromatic heterocycles. The zero-order chi connectivity index (χ0) is 21.5. The van der Waals surface area contributed by atoms with E-state index in [1.807, 2.05) is 0 Å². The number of piperidine rings is 1. The molecule has 2 saturated heterocycles. The molecule has 0 bridgehead atoms. The topological polar surface area (TPSA) is 77.7 Å². The number of aromatic nitrogens is 2. The number of benzene rings is 1. The summed E-state index contributed by atoms with van der Waals surface area (Å²) in [6.45, 7) is 3.56. The van der Waals surface area contributed by atoms with Gasteiger partial charge in [0.25, 0.3) is 0 Å². The van der Waals surface area contributed by atoms with Gasteiger partial charge < -0.3 is 18.9 Å². The summed E-state index contributed by atoms with van der Waals surface area (Å²) < 4.78 is 30.1. The minimum absolute atomic E-state index is 0.0464. The van der Waals surface area contributed by atoms with Crippen LogP contribution < -0.4 is 0 Å². The van der Waals surface area contributed by atoms with Crippen molar-refractivity contribution in [2.24, 2.45) is 5.92 Å². The summed E-state index contributed by atoms with van der Waals surface area (Å²) in [5.74, 6) is 1.27. The molecule has 0 radical (unpaired) electrons.